The Balaban J connectivity index is 1.28. The summed E-state index contributed by atoms with van der Waals surface area (Å²) < 4.78 is 0. The van der Waals surface area contributed by atoms with E-state index in [4.69, 9.17) is 11.6 Å². The van der Waals surface area contributed by atoms with E-state index in [2.05, 4.69) is 20.2 Å². The van der Waals surface area contributed by atoms with Gasteiger partial charge in [0.1, 0.15) is 0 Å². The minimum absolute atomic E-state index is 0.00195. The van der Waals surface area contributed by atoms with Gasteiger partial charge in [0.05, 0.1) is 5.02 Å². The quantitative estimate of drug-likeness (QED) is 0.915. The predicted molar refractivity (Wildman–Crippen MR) is 96.3 cm³/mol. The molecule has 0 atom stereocenters. The number of halogens is 1. The van der Waals surface area contributed by atoms with Crippen molar-refractivity contribution in [3.8, 4) is 0 Å². The van der Waals surface area contributed by atoms with Gasteiger partial charge in [0.2, 0.25) is 0 Å². The van der Waals surface area contributed by atoms with Crippen LogP contribution in [0, 0.1) is 5.41 Å². The Bertz CT molecular complexity index is 761. The van der Waals surface area contributed by atoms with Gasteiger partial charge in [-0.2, -0.15) is 0 Å². The molecule has 1 spiro atoms. The van der Waals surface area contributed by atoms with E-state index in [9.17, 15) is 4.79 Å². The maximum absolute atomic E-state index is 12.2. The minimum atomic E-state index is 0.00195. The van der Waals surface area contributed by atoms with Crippen LogP contribution in [-0.2, 0) is 6.54 Å². The Labute approximate surface area is 152 Å². The third-order valence-electron chi connectivity index (χ3n) is 5.32. The van der Waals surface area contributed by atoms with Gasteiger partial charge in [-0.15, -0.1) is 0 Å². The van der Waals surface area contributed by atoms with Crippen molar-refractivity contribution in [3.05, 3.63) is 59.1 Å². The summed E-state index contributed by atoms with van der Waals surface area (Å²) in [5, 5.41) is 3.83. The lowest BCUT2D eigenvalue weighted by Gasteiger charge is -2.45. The van der Waals surface area contributed by atoms with Gasteiger partial charge in [-0.3, -0.25) is 19.7 Å². The molecule has 2 aliphatic rings. The molecule has 0 unspecified atom stereocenters. The fourth-order valence-corrected chi connectivity index (χ4v) is 4.35. The number of likely N-dealkylation sites (tertiary alicyclic amines) is 1. The molecular weight excluding hydrogens is 336 g/mol. The molecule has 4 rings (SSSR count). The van der Waals surface area contributed by atoms with E-state index in [0.29, 0.717) is 16.0 Å². The molecule has 5 nitrogen and oxygen atoms in total. The fourth-order valence-electron chi connectivity index (χ4n) is 4.16. The minimum Gasteiger partial charge on any atom is -0.349 e. The van der Waals surface area contributed by atoms with Gasteiger partial charge in [-0.1, -0.05) is 11.6 Å². The van der Waals surface area contributed by atoms with Crippen LogP contribution >= 0.6 is 11.6 Å². The van der Waals surface area contributed by atoms with E-state index in [-0.39, 0.29) is 11.9 Å². The second-order valence-corrected chi connectivity index (χ2v) is 7.72. The van der Waals surface area contributed by atoms with Crippen LogP contribution in [0.2, 0.25) is 5.02 Å². The Morgan fingerprint density at radius 3 is 2.84 bits per heavy atom. The van der Waals surface area contributed by atoms with Crippen molar-refractivity contribution in [3.63, 3.8) is 0 Å². The molecule has 0 radical (unpaired) electrons. The highest BCUT2D eigenvalue weighted by atomic mass is 35.5. The molecule has 130 valence electrons. The lowest BCUT2D eigenvalue weighted by molar-refractivity contribution is 0.0694. The normalized spacial score (nSPS) is 25.7. The average molecular weight is 357 g/mol. The summed E-state index contributed by atoms with van der Waals surface area (Å²) in [6.45, 7) is 3.07. The molecule has 1 saturated heterocycles. The zero-order valence-electron chi connectivity index (χ0n) is 14.0. The number of aromatic nitrogens is 2. The Morgan fingerprint density at radius 2 is 2.08 bits per heavy atom. The van der Waals surface area contributed by atoms with Crippen LogP contribution in [0.5, 0.6) is 0 Å². The van der Waals surface area contributed by atoms with Crippen molar-refractivity contribution in [2.24, 2.45) is 5.41 Å². The van der Waals surface area contributed by atoms with E-state index >= 15 is 0 Å². The SMILES string of the molecule is O=C(NC1CC2(CCN(Cc3cncc(Cl)c3)C2)C1)c1ccncc1. The van der Waals surface area contributed by atoms with Gasteiger partial charge in [-0.25, -0.2) is 0 Å². The molecule has 3 heterocycles. The standard InChI is InChI=1S/C19H21ClN4O/c20-16-7-14(10-22-11-16)12-24-6-3-19(13-24)8-17(9-19)23-18(25)15-1-4-21-5-2-15/h1-2,4-5,7,10-11,17H,3,6,8-9,12-13H2,(H,23,25). The molecule has 1 aliphatic heterocycles. The van der Waals surface area contributed by atoms with Crippen molar-refractivity contribution in [2.75, 3.05) is 13.1 Å². The van der Waals surface area contributed by atoms with E-state index in [1.54, 1.807) is 30.7 Å². The van der Waals surface area contributed by atoms with Gasteiger partial charge in [0, 0.05) is 49.5 Å². The first-order chi connectivity index (χ1) is 12.1. The zero-order valence-corrected chi connectivity index (χ0v) is 14.7. The first-order valence-electron chi connectivity index (χ1n) is 8.65. The maximum atomic E-state index is 12.2. The van der Waals surface area contributed by atoms with Crippen molar-refractivity contribution in [1.82, 2.24) is 20.2 Å². The number of rotatable bonds is 4. The number of pyridine rings is 2. The topological polar surface area (TPSA) is 58.1 Å². The summed E-state index contributed by atoms with van der Waals surface area (Å²) >= 11 is 6.02. The number of hydrogen-bond acceptors (Lipinski definition) is 4. The van der Waals surface area contributed by atoms with Gasteiger partial charge in [0.15, 0.2) is 0 Å². The highest BCUT2D eigenvalue weighted by Crippen LogP contribution is 2.48. The van der Waals surface area contributed by atoms with Crippen molar-refractivity contribution >= 4 is 17.5 Å². The second-order valence-electron chi connectivity index (χ2n) is 7.29. The first kappa shape index (κ1) is 16.5. The molecular formula is C19H21ClN4O. The van der Waals surface area contributed by atoms with Crippen LogP contribution in [0.15, 0.2) is 43.0 Å². The zero-order chi connectivity index (χ0) is 17.3. The third kappa shape index (κ3) is 3.67. The van der Waals surface area contributed by atoms with Crippen LogP contribution in [0.25, 0.3) is 0 Å². The second kappa shape index (κ2) is 6.73. The Morgan fingerprint density at radius 1 is 1.28 bits per heavy atom. The molecule has 1 amide bonds. The summed E-state index contributed by atoms with van der Waals surface area (Å²) in [7, 11) is 0. The van der Waals surface area contributed by atoms with Crippen LogP contribution in [0.4, 0.5) is 0 Å². The van der Waals surface area contributed by atoms with Crippen LogP contribution in [-0.4, -0.2) is 39.9 Å². The van der Waals surface area contributed by atoms with Crippen LogP contribution in [0.3, 0.4) is 0 Å². The van der Waals surface area contributed by atoms with Crippen molar-refractivity contribution in [2.45, 2.75) is 31.8 Å². The molecule has 2 fully saturated rings. The summed E-state index contributed by atoms with van der Waals surface area (Å²) in [5.41, 5.74) is 2.20. The van der Waals surface area contributed by atoms with E-state index in [1.165, 1.54) is 6.42 Å². The number of amides is 1. The summed E-state index contributed by atoms with van der Waals surface area (Å²) in [6, 6.07) is 5.77. The summed E-state index contributed by atoms with van der Waals surface area (Å²) in [4.78, 5) is 22.8. The summed E-state index contributed by atoms with van der Waals surface area (Å²) in [5.74, 6) is 0.00195. The average Bonchev–Trinajstić information content (AvgIpc) is 2.99. The lowest BCUT2D eigenvalue weighted by atomic mass is 9.65. The van der Waals surface area contributed by atoms with Crippen molar-refractivity contribution in [1.29, 1.82) is 0 Å². The molecule has 2 aromatic heterocycles. The van der Waals surface area contributed by atoms with Crippen LogP contribution in [0.1, 0.15) is 35.2 Å². The largest absolute Gasteiger partial charge is 0.349 e. The third-order valence-corrected chi connectivity index (χ3v) is 5.53. The van der Waals surface area contributed by atoms with Gasteiger partial charge < -0.3 is 5.32 Å². The monoisotopic (exact) mass is 356 g/mol. The first-order valence-corrected chi connectivity index (χ1v) is 9.02. The highest BCUT2D eigenvalue weighted by Gasteiger charge is 2.48. The Hall–Kier alpha value is -1.98. The fraction of sp³-hybridized carbons (Fsp3) is 0.421. The molecule has 25 heavy (non-hydrogen) atoms. The predicted octanol–water partition coefficient (Wildman–Crippen LogP) is 2.91. The molecule has 0 bridgehead atoms. The van der Waals surface area contributed by atoms with Gasteiger partial charge >= 0.3 is 0 Å². The summed E-state index contributed by atoms with van der Waals surface area (Å²) in [6.07, 6.45) is 10.2. The molecule has 1 N–H and O–H groups in total. The van der Waals surface area contributed by atoms with E-state index < -0.39 is 0 Å². The van der Waals surface area contributed by atoms with Gasteiger partial charge in [-0.05, 0) is 55.0 Å². The van der Waals surface area contributed by atoms with Crippen LogP contribution < -0.4 is 5.32 Å². The van der Waals surface area contributed by atoms with E-state index in [1.807, 2.05) is 12.3 Å². The molecule has 1 saturated carbocycles. The number of nitrogens with zero attached hydrogens (tertiary/aromatic N) is 3. The number of carbonyl (C=O) groups excluding carboxylic acids is 1. The molecule has 0 aromatic carbocycles. The number of carbonyl (C=O) groups is 1. The van der Waals surface area contributed by atoms with Gasteiger partial charge in [0.25, 0.3) is 5.91 Å². The number of nitrogens with one attached hydrogen (secondary N) is 1. The number of hydrogen-bond donors (Lipinski definition) is 1. The maximum Gasteiger partial charge on any atom is 0.251 e. The Kier molecular flexibility index (Phi) is 4.44. The lowest BCUT2D eigenvalue weighted by Crippen LogP contribution is -2.51. The molecule has 1 aliphatic carbocycles. The molecule has 2 aromatic rings. The smallest absolute Gasteiger partial charge is 0.251 e. The van der Waals surface area contributed by atoms with E-state index in [0.717, 1.165) is 38.0 Å². The molecule has 6 heteroatoms. The highest BCUT2D eigenvalue weighted by molar-refractivity contribution is 6.30. The van der Waals surface area contributed by atoms with Crippen molar-refractivity contribution < 1.29 is 4.79 Å².